The molecule has 11 nitrogen and oxygen atoms in total. The van der Waals surface area contributed by atoms with E-state index in [1.54, 1.807) is 48.5 Å². The van der Waals surface area contributed by atoms with Gasteiger partial charge in [-0.3, -0.25) is 0 Å². The van der Waals surface area contributed by atoms with Gasteiger partial charge in [0.2, 0.25) is 0 Å². The van der Waals surface area contributed by atoms with Gasteiger partial charge in [0.05, 0.1) is 6.61 Å². The number of nitrogens with zero attached hydrogens (tertiary/aromatic N) is 1. The van der Waals surface area contributed by atoms with Crippen LogP contribution in [-0.4, -0.2) is 36.5 Å². The SMILES string of the molecule is C=CC(=O)OCCc1ccc(N(c2ccc(C=C(c3ccc(OC(=O)C=C)cc3)c3ccc(OC(=O)C=C)cc3)cc2)c2ccc(C=C(c3ccc(OC(=O)C=C)cc3)c3ccc(OC(=O)C=C)cc3)cc2)cc1. The van der Waals surface area contributed by atoms with Crippen molar-refractivity contribution in [3.05, 3.63) is 272 Å². The van der Waals surface area contributed by atoms with Gasteiger partial charge in [0, 0.05) is 53.9 Å². The molecule has 0 fully saturated rings. The summed E-state index contributed by atoms with van der Waals surface area (Å²) >= 11 is 0. The lowest BCUT2D eigenvalue weighted by Gasteiger charge is -2.26. The van der Waals surface area contributed by atoms with Gasteiger partial charge in [0.1, 0.15) is 23.0 Å². The fourth-order valence-electron chi connectivity index (χ4n) is 7.47. The van der Waals surface area contributed by atoms with Gasteiger partial charge in [-0.25, -0.2) is 24.0 Å². The van der Waals surface area contributed by atoms with Crippen LogP contribution in [0.1, 0.15) is 38.9 Å². The molecule has 0 N–H and O–H groups in total. The second-order valence-electron chi connectivity index (χ2n) is 16.0. The largest absolute Gasteiger partial charge is 0.462 e. The molecule has 7 aromatic rings. The van der Waals surface area contributed by atoms with Gasteiger partial charge in [0.15, 0.2) is 0 Å². The summed E-state index contributed by atoms with van der Waals surface area (Å²) in [5.41, 5.74) is 10.3. The van der Waals surface area contributed by atoms with E-state index in [4.69, 9.17) is 23.7 Å². The number of carbonyl (C=O) groups excluding carboxylic acids is 5. The molecule has 7 aromatic carbocycles. The zero-order valence-corrected chi connectivity index (χ0v) is 40.2. The molecule has 0 aliphatic rings. The Morgan fingerprint density at radius 1 is 0.351 bits per heavy atom. The number of benzene rings is 7. The number of ether oxygens (including phenoxy) is 5. The van der Waals surface area contributed by atoms with Crippen LogP contribution < -0.4 is 23.8 Å². The summed E-state index contributed by atoms with van der Waals surface area (Å²) in [6.45, 7) is 17.6. The van der Waals surface area contributed by atoms with Crippen LogP contribution in [0.3, 0.4) is 0 Å². The summed E-state index contributed by atoms with van der Waals surface area (Å²) in [6, 6.07) is 52.7. The van der Waals surface area contributed by atoms with E-state index in [9.17, 15) is 24.0 Å². The third-order valence-electron chi connectivity index (χ3n) is 11.1. The summed E-state index contributed by atoms with van der Waals surface area (Å²) < 4.78 is 26.6. The second-order valence-corrected chi connectivity index (χ2v) is 16.0. The molecule has 0 atom stereocenters. The molecule has 0 spiro atoms. The topological polar surface area (TPSA) is 135 Å². The molecule has 0 saturated carbocycles. The highest BCUT2D eigenvalue weighted by Crippen LogP contribution is 2.37. The number of rotatable bonds is 21. The van der Waals surface area contributed by atoms with Gasteiger partial charge in [-0.1, -0.05) is 118 Å². The molecule has 0 saturated heterocycles. The molecule has 74 heavy (non-hydrogen) atoms. The molecule has 11 heteroatoms. The van der Waals surface area contributed by atoms with Crippen molar-refractivity contribution in [2.24, 2.45) is 0 Å². The van der Waals surface area contributed by atoms with E-state index in [0.29, 0.717) is 29.4 Å². The molecule has 366 valence electrons. The average molecular weight is 980 g/mol. The Bertz CT molecular complexity index is 2930. The van der Waals surface area contributed by atoms with Crippen LogP contribution in [-0.2, 0) is 35.1 Å². The Hall–Kier alpha value is -10.1. The first-order valence-corrected chi connectivity index (χ1v) is 23.1. The zero-order valence-electron chi connectivity index (χ0n) is 40.2. The van der Waals surface area contributed by atoms with Crippen molar-refractivity contribution < 1.29 is 47.7 Å². The monoisotopic (exact) mass is 979 g/mol. The highest BCUT2D eigenvalue weighted by atomic mass is 16.5. The Morgan fingerprint density at radius 3 is 0.892 bits per heavy atom. The normalized spacial score (nSPS) is 10.3. The first kappa shape index (κ1) is 51.7. The van der Waals surface area contributed by atoms with Crippen molar-refractivity contribution in [3.8, 4) is 23.0 Å². The molecule has 0 unspecified atom stereocenters. The van der Waals surface area contributed by atoms with Crippen molar-refractivity contribution in [2.75, 3.05) is 11.5 Å². The fourth-order valence-corrected chi connectivity index (χ4v) is 7.47. The van der Waals surface area contributed by atoms with Gasteiger partial charge in [-0.05, 0) is 147 Å². The molecule has 0 aliphatic carbocycles. The van der Waals surface area contributed by atoms with Crippen molar-refractivity contribution in [1.29, 1.82) is 0 Å². The van der Waals surface area contributed by atoms with Crippen molar-refractivity contribution in [2.45, 2.75) is 6.42 Å². The van der Waals surface area contributed by atoms with Crippen LogP contribution in [0, 0.1) is 0 Å². The first-order chi connectivity index (χ1) is 35.9. The van der Waals surface area contributed by atoms with E-state index in [2.05, 4.69) is 37.8 Å². The van der Waals surface area contributed by atoms with E-state index in [0.717, 1.165) is 97.5 Å². The molecular weight excluding hydrogens is 931 g/mol. The molecule has 0 heterocycles. The fraction of sp³-hybridized carbons (Fsp3) is 0.0317. The van der Waals surface area contributed by atoms with Gasteiger partial charge >= 0.3 is 29.8 Å². The van der Waals surface area contributed by atoms with Crippen LogP contribution in [0.2, 0.25) is 0 Å². The third kappa shape index (κ3) is 14.0. The number of esters is 5. The Balaban J connectivity index is 1.26. The van der Waals surface area contributed by atoms with Crippen LogP contribution in [0.5, 0.6) is 23.0 Å². The summed E-state index contributed by atoms with van der Waals surface area (Å²) in [7, 11) is 0. The van der Waals surface area contributed by atoms with Crippen molar-refractivity contribution in [1.82, 2.24) is 0 Å². The minimum absolute atomic E-state index is 0.210. The minimum atomic E-state index is -0.569. The zero-order chi connectivity index (χ0) is 52.4. The molecule has 0 aliphatic heterocycles. The average Bonchev–Trinajstić information content (AvgIpc) is 3.43. The molecule has 0 aromatic heterocycles. The first-order valence-electron chi connectivity index (χ1n) is 23.1. The van der Waals surface area contributed by atoms with E-state index >= 15 is 0 Å². The molecule has 0 bridgehead atoms. The lowest BCUT2D eigenvalue weighted by atomic mass is 9.95. The Kier molecular flexibility index (Phi) is 17.6. The minimum Gasteiger partial charge on any atom is -0.462 e. The molecule has 7 rings (SSSR count). The second kappa shape index (κ2) is 25.1. The molecular formula is C63H49NO10. The predicted molar refractivity (Wildman–Crippen MR) is 289 cm³/mol. The maximum absolute atomic E-state index is 11.9. The number of hydrogen-bond acceptors (Lipinski definition) is 11. The van der Waals surface area contributed by atoms with E-state index in [1.807, 2.05) is 133 Å². The van der Waals surface area contributed by atoms with Crippen molar-refractivity contribution in [3.63, 3.8) is 0 Å². The standard InChI is InChI=1S/C63H49NO10/c1-6-59(65)70-40-39-43-11-25-50(26-12-43)64(51-27-13-44(14-28-51)41-57(46-17-31-53(32-18-46)71-60(66)7-2)47-19-33-54(34-20-47)72-61(67)8-3)52-29-15-45(16-30-52)42-58(48-21-35-55(36-22-48)73-62(68)9-4)49-23-37-56(38-24-49)74-63(69)10-5/h6-38,41-42H,1-5,39-40H2. The molecule has 0 radical (unpaired) electrons. The maximum atomic E-state index is 11.9. The van der Waals surface area contributed by atoms with Gasteiger partial charge < -0.3 is 28.6 Å². The number of anilines is 3. The number of carbonyl (C=O) groups is 5. The van der Waals surface area contributed by atoms with Gasteiger partial charge in [-0.15, -0.1) is 0 Å². The van der Waals surface area contributed by atoms with Crippen LogP contribution in [0.25, 0.3) is 23.3 Å². The third-order valence-corrected chi connectivity index (χ3v) is 11.1. The lowest BCUT2D eigenvalue weighted by molar-refractivity contribution is -0.137. The maximum Gasteiger partial charge on any atom is 0.335 e. The summed E-state index contributed by atoms with van der Waals surface area (Å²) in [6.07, 6.45) is 10.1. The van der Waals surface area contributed by atoms with E-state index < -0.39 is 29.8 Å². The quantitative estimate of drug-likeness (QED) is 0.0295. The van der Waals surface area contributed by atoms with Crippen LogP contribution in [0.15, 0.2) is 233 Å². The summed E-state index contributed by atoms with van der Waals surface area (Å²) in [4.78, 5) is 61.5. The smallest absolute Gasteiger partial charge is 0.335 e. The van der Waals surface area contributed by atoms with E-state index in [-0.39, 0.29) is 6.61 Å². The Labute approximate surface area is 429 Å². The highest BCUT2D eigenvalue weighted by Gasteiger charge is 2.16. The number of hydrogen-bond donors (Lipinski definition) is 0. The van der Waals surface area contributed by atoms with Gasteiger partial charge in [0.25, 0.3) is 0 Å². The summed E-state index contributed by atoms with van der Waals surface area (Å²) in [5.74, 6) is -1.30. The van der Waals surface area contributed by atoms with Crippen LogP contribution in [0.4, 0.5) is 17.1 Å². The lowest BCUT2D eigenvalue weighted by Crippen LogP contribution is -2.10. The highest BCUT2D eigenvalue weighted by molar-refractivity contribution is 5.94. The van der Waals surface area contributed by atoms with Gasteiger partial charge in [-0.2, -0.15) is 0 Å². The predicted octanol–water partition coefficient (Wildman–Crippen LogP) is 13.0. The van der Waals surface area contributed by atoms with Crippen LogP contribution >= 0.6 is 0 Å². The summed E-state index contributed by atoms with van der Waals surface area (Å²) in [5, 5.41) is 0. The van der Waals surface area contributed by atoms with Crippen molar-refractivity contribution >= 4 is 70.2 Å². The molecule has 0 amide bonds. The van der Waals surface area contributed by atoms with E-state index in [1.165, 1.54) is 0 Å². The Morgan fingerprint density at radius 2 is 0.622 bits per heavy atom.